The number of rotatable bonds is 6. The number of alkyl halides is 3. The van der Waals surface area contributed by atoms with E-state index in [0.717, 1.165) is 31.4 Å². The van der Waals surface area contributed by atoms with Gasteiger partial charge in [-0.1, -0.05) is 18.2 Å². The fourth-order valence-corrected chi connectivity index (χ4v) is 6.83. The van der Waals surface area contributed by atoms with Gasteiger partial charge in [0.15, 0.2) is 5.69 Å². The van der Waals surface area contributed by atoms with E-state index in [1.54, 1.807) is 16.5 Å². The van der Waals surface area contributed by atoms with E-state index in [2.05, 4.69) is 11.4 Å². The number of carbonyl (C=O) groups excluding carboxylic acids is 3. The van der Waals surface area contributed by atoms with E-state index in [1.807, 2.05) is 0 Å². The summed E-state index contributed by atoms with van der Waals surface area (Å²) in [5.41, 5.74) is -0.517. The van der Waals surface area contributed by atoms with E-state index in [-0.39, 0.29) is 35.8 Å². The van der Waals surface area contributed by atoms with E-state index in [0.29, 0.717) is 29.4 Å². The first-order chi connectivity index (χ1) is 21.5. The Morgan fingerprint density at radius 2 is 1.84 bits per heavy atom. The number of nitrogens with zero attached hydrogens (tertiary/aromatic N) is 5. The summed E-state index contributed by atoms with van der Waals surface area (Å²) in [6.07, 6.45) is -1.79. The molecule has 5 atom stereocenters. The van der Waals surface area contributed by atoms with Crippen molar-refractivity contribution in [3.05, 3.63) is 82.3 Å². The van der Waals surface area contributed by atoms with E-state index in [9.17, 15) is 37.2 Å². The average molecular weight is 621 g/mol. The van der Waals surface area contributed by atoms with Gasteiger partial charge in [-0.3, -0.25) is 19.3 Å². The molecule has 1 saturated heterocycles. The summed E-state index contributed by atoms with van der Waals surface area (Å²) >= 11 is 0. The first-order valence-corrected chi connectivity index (χ1v) is 14.9. The lowest BCUT2D eigenvalue weighted by atomic mass is 9.80. The largest absolute Gasteiger partial charge is 0.416 e. The molecular formula is C32H28F4N6O3. The molecule has 45 heavy (non-hydrogen) atoms. The van der Waals surface area contributed by atoms with Crippen LogP contribution in [0.2, 0.25) is 0 Å². The molecule has 2 aromatic carbocycles. The van der Waals surface area contributed by atoms with Crippen molar-refractivity contribution < 1.29 is 31.9 Å². The SMILES string of the molecule is CCN1C(=O)[C@@H](NC(=O)c2cccc(C(F)(F)F)c2)[C@@H](c2ccc(F)cc2)c2c(C(=O)N3[C@H](C#N)C[C@H]4C[C@H]43)nn(C3CC3)c21. The van der Waals surface area contributed by atoms with E-state index < -0.39 is 53.3 Å². The molecule has 1 N–H and O–H groups in total. The standard InChI is InChI=1S/C32H28F4N6O3/c1-2-40-29-25(27(39-42(29)21-10-11-21)31(45)41-22(15-37)13-18-14-23(18)41)24(16-6-8-20(33)9-7-16)26(30(40)44)38-28(43)17-4-3-5-19(12-17)32(34,35)36/h3-9,12,18,21-24,26H,2,10-11,13-14H2,1H3,(H,38,43)/t18-,22-,23+,24-,26-/m0/s1. The molecule has 2 saturated carbocycles. The van der Waals surface area contributed by atoms with Gasteiger partial charge < -0.3 is 10.2 Å². The number of halogens is 4. The highest BCUT2D eigenvalue weighted by atomic mass is 19.4. The Morgan fingerprint density at radius 3 is 2.49 bits per heavy atom. The van der Waals surface area contributed by atoms with Crippen LogP contribution in [0, 0.1) is 23.1 Å². The first kappa shape index (κ1) is 29.0. The van der Waals surface area contributed by atoms with Crippen molar-refractivity contribution in [2.24, 2.45) is 5.92 Å². The number of anilines is 1. The Kier molecular flexibility index (Phi) is 6.72. The van der Waals surface area contributed by atoms with Crippen LogP contribution in [0.3, 0.4) is 0 Å². The maximum atomic E-state index is 14.3. The Morgan fingerprint density at radius 1 is 1.11 bits per heavy atom. The summed E-state index contributed by atoms with van der Waals surface area (Å²) in [6.45, 7) is 1.89. The fourth-order valence-electron chi connectivity index (χ4n) is 6.83. The molecule has 1 aromatic heterocycles. The lowest BCUT2D eigenvalue weighted by Crippen LogP contribution is -2.55. The minimum atomic E-state index is -4.69. The number of hydrogen-bond acceptors (Lipinski definition) is 5. The van der Waals surface area contributed by atoms with E-state index >= 15 is 0 Å². The molecule has 4 aliphatic rings. The molecule has 0 spiro atoms. The lowest BCUT2D eigenvalue weighted by molar-refractivity contribution is -0.137. The van der Waals surface area contributed by atoms with Gasteiger partial charge in [0.05, 0.1) is 17.7 Å². The van der Waals surface area contributed by atoms with Crippen LogP contribution in [0.1, 0.15) is 82.1 Å². The van der Waals surface area contributed by atoms with E-state index in [1.165, 1.54) is 35.2 Å². The Balaban J connectivity index is 1.38. The second-order valence-electron chi connectivity index (χ2n) is 12.1. The summed E-state index contributed by atoms with van der Waals surface area (Å²) in [6, 6.07) is 9.26. The number of carbonyl (C=O) groups is 3. The van der Waals surface area contributed by atoms with Gasteiger partial charge in [-0.25, -0.2) is 9.07 Å². The zero-order valence-electron chi connectivity index (χ0n) is 24.1. The summed E-state index contributed by atoms with van der Waals surface area (Å²) in [7, 11) is 0. The number of hydrogen-bond donors (Lipinski definition) is 1. The first-order valence-electron chi connectivity index (χ1n) is 14.9. The molecule has 2 aliphatic carbocycles. The molecule has 3 fully saturated rings. The van der Waals surface area contributed by atoms with Crippen molar-refractivity contribution in [2.75, 3.05) is 11.4 Å². The second kappa shape index (κ2) is 10.4. The van der Waals surface area contributed by atoms with E-state index in [4.69, 9.17) is 5.10 Å². The number of piperidine rings is 1. The van der Waals surface area contributed by atoms with Crippen LogP contribution >= 0.6 is 0 Å². The van der Waals surface area contributed by atoms with Crippen molar-refractivity contribution in [1.29, 1.82) is 5.26 Å². The summed E-state index contributed by atoms with van der Waals surface area (Å²) < 4.78 is 56.1. The van der Waals surface area contributed by atoms with Gasteiger partial charge in [-0.2, -0.15) is 23.5 Å². The van der Waals surface area contributed by atoms with Crippen LogP contribution in [0.15, 0.2) is 48.5 Å². The van der Waals surface area contributed by atoms with Gasteiger partial charge in [-0.15, -0.1) is 0 Å². The maximum absolute atomic E-state index is 14.3. The number of likely N-dealkylation sites (N-methyl/N-ethyl adjacent to an activating group) is 1. The second-order valence-corrected chi connectivity index (χ2v) is 12.1. The number of amides is 3. The molecule has 7 rings (SSSR count). The minimum absolute atomic E-state index is 0.0447. The highest BCUT2D eigenvalue weighted by molar-refractivity contribution is 6.07. The van der Waals surface area contributed by atoms with Crippen molar-refractivity contribution in [3.63, 3.8) is 0 Å². The smallest absolute Gasteiger partial charge is 0.339 e. The van der Waals surface area contributed by atoms with Crippen LogP contribution in [-0.4, -0.2) is 57.1 Å². The van der Waals surface area contributed by atoms with Crippen molar-refractivity contribution in [2.45, 2.75) is 68.9 Å². The number of aromatic nitrogens is 2. The van der Waals surface area contributed by atoms with Crippen LogP contribution < -0.4 is 10.2 Å². The number of likely N-dealkylation sites (tertiary alicyclic amines) is 1. The van der Waals surface area contributed by atoms with Crippen molar-refractivity contribution >= 4 is 23.5 Å². The van der Waals surface area contributed by atoms with Crippen LogP contribution in [0.25, 0.3) is 0 Å². The molecule has 13 heteroatoms. The fraction of sp³-hybridized carbons (Fsp3) is 0.406. The Hall–Kier alpha value is -4.73. The highest BCUT2D eigenvalue weighted by Gasteiger charge is 2.56. The highest BCUT2D eigenvalue weighted by Crippen LogP contribution is 2.51. The zero-order chi connectivity index (χ0) is 31.8. The summed E-state index contributed by atoms with van der Waals surface area (Å²) in [4.78, 5) is 45.1. The molecule has 232 valence electrons. The number of nitrogens with one attached hydrogen (secondary N) is 1. The summed E-state index contributed by atoms with van der Waals surface area (Å²) in [5.74, 6) is -2.86. The minimum Gasteiger partial charge on any atom is -0.339 e. The molecule has 0 unspecified atom stereocenters. The maximum Gasteiger partial charge on any atom is 0.416 e. The number of nitriles is 1. The van der Waals surface area contributed by atoms with Crippen LogP contribution in [0.4, 0.5) is 23.4 Å². The molecule has 3 amide bonds. The molecule has 3 heterocycles. The molecule has 0 radical (unpaired) electrons. The van der Waals surface area contributed by atoms with Gasteiger partial charge in [0, 0.05) is 29.6 Å². The topological polar surface area (TPSA) is 111 Å². The monoisotopic (exact) mass is 620 g/mol. The van der Waals surface area contributed by atoms with Gasteiger partial charge in [0.25, 0.3) is 17.7 Å². The quantitative estimate of drug-likeness (QED) is 0.398. The molecule has 9 nitrogen and oxygen atoms in total. The summed E-state index contributed by atoms with van der Waals surface area (Å²) in [5, 5.41) is 17.2. The van der Waals surface area contributed by atoms with Gasteiger partial charge in [0.2, 0.25) is 0 Å². The molecule has 0 bridgehead atoms. The van der Waals surface area contributed by atoms with Gasteiger partial charge in [0.1, 0.15) is 23.7 Å². The predicted octanol–water partition coefficient (Wildman–Crippen LogP) is 4.80. The lowest BCUT2D eigenvalue weighted by Gasteiger charge is -2.38. The number of fused-ring (bicyclic) bond motifs is 2. The van der Waals surface area contributed by atoms with Crippen LogP contribution in [-0.2, 0) is 11.0 Å². The van der Waals surface area contributed by atoms with Crippen molar-refractivity contribution in [3.8, 4) is 6.07 Å². The third kappa shape index (κ3) is 4.83. The molecule has 3 aromatic rings. The predicted molar refractivity (Wildman–Crippen MR) is 152 cm³/mol. The van der Waals surface area contributed by atoms with Crippen molar-refractivity contribution in [1.82, 2.24) is 20.0 Å². The molecule has 2 aliphatic heterocycles. The van der Waals surface area contributed by atoms with Gasteiger partial charge >= 0.3 is 6.18 Å². The Bertz CT molecular complexity index is 1760. The zero-order valence-corrected chi connectivity index (χ0v) is 24.1. The van der Waals surface area contributed by atoms with Crippen LogP contribution in [0.5, 0.6) is 0 Å². The third-order valence-corrected chi connectivity index (χ3v) is 9.22. The number of benzene rings is 2. The molecular weight excluding hydrogens is 592 g/mol. The Labute approximate surface area is 255 Å². The third-order valence-electron chi connectivity index (χ3n) is 9.22. The van der Waals surface area contributed by atoms with Gasteiger partial charge in [-0.05, 0) is 74.4 Å². The average Bonchev–Trinajstić information content (AvgIpc) is 3.95. The normalized spacial score (nSPS) is 25.4.